The Bertz CT molecular complexity index is 404. The lowest BCUT2D eigenvalue weighted by molar-refractivity contribution is -0.138. The van der Waals surface area contributed by atoms with Crippen LogP contribution in [0.5, 0.6) is 0 Å². The van der Waals surface area contributed by atoms with Crippen LogP contribution in [0, 0.1) is 11.8 Å². The number of carboxylic acids is 1. The Hall–Kier alpha value is -0.870. The maximum atomic E-state index is 10.8. The molecule has 0 amide bonds. The molecule has 0 aromatic carbocycles. The summed E-state index contributed by atoms with van der Waals surface area (Å²) in [7, 11) is 0. The highest BCUT2D eigenvalue weighted by atomic mass is 32.1. The average Bonchev–Trinajstić information content (AvgIpc) is 2.91. The van der Waals surface area contributed by atoms with Gasteiger partial charge in [-0.15, -0.1) is 0 Å². The summed E-state index contributed by atoms with van der Waals surface area (Å²) < 4.78 is 0. The Morgan fingerprint density at radius 3 is 3.00 bits per heavy atom. The Labute approximate surface area is 119 Å². The zero-order valence-corrected chi connectivity index (χ0v) is 12.5. The van der Waals surface area contributed by atoms with Crippen LogP contribution in [-0.2, 0) is 4.79 Å². The molecule has 3 nitrogen and oxygen atoms in total. The second-order valence-corrected chi connectivity index (χ2v) is 6.49. The Morgan fingerprint density at radius 1 is 1.58 bits per heavy atom. The zero-order valence-electron chi connectivity index (χ0n) is 11.7. The van der Waals surface area contributed by atoms with Crippen LogP contribution in [0.1, 0.15) is 44.7 Å². The van der Waals surface area contributed by atoms with E-state index in [1.165, 1.54) is 18.4 Å². The van der Waals surface area contributed by atoms with Crippen LogP contribution < -0.4 is 0 Å². The lowest BCUT2D eigenvalue weighted by atomic mass is 9.84. The molecule has 1 fully saturated rings. The highest BCUT2D eigenvalue weighted by molar-refractivity contribution is 7.07. The van der Waals surface area contributed by atoms with E-state index in [-0.39, 0.29) is 5.92 Å². The first-order valence-corrected chi connectivity index (χ1v) is 8.00. The Morgan fingerprint density at radius 2 is 2.37 bits per heavy atom. The molecule has 0 bridgehead atoms. The molecule has 1 N–H and O–H groups in total. The van der Waals surface area contributed by atoms with Crippen molar-refractivity contribution >= 4 is 17.3 Å². The monoisotopic (exact) mass is 281 g/mol. The number of hydrogen-bond donors (Lipinski definition) is 1. The number of rotatable bonds is 5. The number of likely N-dealkylation sites (tertiary alicyclic amines) is 1. The van der Waals surface area contributed by atoms with Crippen LogP contribution in [0.4, 0.5) is 0 Å². The van der Waals surface area contributed by atoms with E-state index in [1.54, 1.807) is 11.3 Å². The van der Waals surface area contributed by atoms with Crippen molar-refractivity contribution in [3.05, 3.63) is 22.4 Å². The molecular formula is C15H23NO2S. The molecule has 19 heavy (non-hydrogen) atoms. The largest absolute Gasteiger partial charge is 0.481 e. The topological polar surface area (TPSA) is 40.5 Å². The minimum Gasteiger partial charge on any atom is -0.481 e. The number of nitrogens with zero attached hydrogens (tertiary/aromatic N) is 1. The van der Waals surface area contributed by atoms with Crippen molar-refractivity contribution in [2.75, 3.05) is 13.1 Å². The molecule has 4 heteroatoms. The molecule has 3 unspecified atom stereocenters. The maximum absolute atomic E-state index is 10.8. The summed E-state index contributed by atoms with van der Waals surface area (Å²) in [6, 6.07) is 2.64. The molecule has 0 radical (unpaired) electrons. The van der Waals surface area contributed by atoms with Crippen molar-refractivity contribution in [2.45, 2.75) is 39.2 Å². The number of aliphatic carboxylic acids is 1. The molecule has 1 aliphatic heterocycles. The second kappa shape index (κ2) is 6.53. The molecule has 2 heterocycles. The summed E-state index contributed by atoms with van der Waals surface area (Å²) >= 11 is 1.74. The van der Waals surface area contributed by atoms with Gasteiger partial charge in [-0.2, -0.15) is 11.3 Å². The number of hydrogen-bond acceptors (Lipinski definition) is 3. The first kappa shape index (κ1) is 14.5. The molecule has 1 aliphatic rings. The molecule has 2 rings (SSSR count). The second-order valence-electron chi connectivity index (χ2n) is 5.71. The van der Waals surface area contributed by atoms with Crippen molar-refractivity contribution in [1.29, 1.82) is 0 Å². The Kier molecular flexibility index (Phi) is 4.99. The average molecular weight is 281 g/mol. The quantitative estimate of drug-likeness (QED) is 0.896. The Balaban J connectivity index is 1.95. The minimum absolute atomic E-state index is 0.273. The number of carboxylic acid groups (broad SMARTS) is 1. The summed E-state index contributed by atoms with van der Waals surface area (Å²) in [5, 5.41) is 13.3. The third kappa shape index (κ3) is 3.80. The minimum atomic E-state index is -0.671. The van der Waals surface area contributed by atoms with Gasteiger partial charge >= 0.3 is 5.97 Å². The maximum Gasteiger partial charge on any atom is 0.303 e. The van der Waals surface area contributed by atoms with Crippen LogP contribution >= 0.6 is 11.3 Å². The standard InChI is InChI=1S/C15H23NO2S/c1-11(8-15(17)18)13-4-3-6-16(9-13)12(2)14-5-7-19-10-14/h5,7,10-13H,3-4,6,8-9H2,1-2H3,(H,17,18). The van der Waals surface area contributed by atoms with Gasteiger partial charge in [-0.3, -0.25) is 9.69 Å². The molecule has 1 saturated heterocycles. The zero-order chi connectivity index (χ0) is 13.8. The summed E-state index contributed by atoms with van der Waals surface area (Å²) in [6.45, 7) is 6.50. The van der Waals surface area contributed by atoms with Crippen LogP contribution in [0.3, 0.4) is 0 Å². The molecule has 0 saturated carbocycles. The van der Waals surface area contributed by atoms with Crippen LogP contribution in [-0.4, -0.2) is 29.1 Å². The fourth-order valence-electron chi connectivity index (χ4n) is 3.02. The van der Waals surface area contributed by atoms with E-state index in [4.69, 9.17) is 5.11 Å². The molecule has 3 atom stereocenters. The van der Waals surface area contributed by atoms with E-state index in [1.807, 2.05) is 0 Å². The van der Waals surface area contributed by atoms with Gasteiger partial charge in [0, 0.05) is 19.0 Å². The lowest BCUT2D eigenvalue weighted by Gasteiger charge is -2.38. The summed E-state index contributed by atoms with van der Waals surface area (Å²) in [5.41, 5.74) is 1.39. The van der Waals surface area contributed by atoms with Gasteiger partial charge in [0.15, 0.2) is 0 Å². The van der Waals surface area contributed by atoms with Crippen molar-refractivity contribution in [2.24, 2.45) is 11.8 Å². The van der Waals surface area contributed by atoms with E-state index in [0.717, 1.165) is 13.1 Å². The van der Waals surface area contributed by atoms with E-state index < -0.39 is 5.97 Å². The first-order chi connectivity index (χ1) is 9.08. The van der Waals surface area contributed by atoms with E-state index in [2.05, 4.69) is 35.6 Å². The molecule has 1 aromatic heterocycles. The van der Waals surface area contributed by atoms with Crippen LogP contribution in [0.25, 0.3) is 0 Å². The number of carbonyl (C=O) groups is 1. The number of thiophene rings is 1. The molecule has 0 aliphatic carbocycles. The fourth-order valence-corrected chi connectivity index (χ4v) is 3.77. The van der Waals surface area contributed by atoms with Crippen LogP contribution in [0.2, 0.25) is 0 Å². The summed E-state index contributed by atoms with van der Waals surface area (Å²) in [4.78, 5) is 13.4. The molecular weight excluding hydrogens is 258 g/mol. The highest BCUT2D eigenvalue weighted by Crippen LogP contribution is 2.31. The predicted molar refractivity (Wildman–Crippen MR) is 78.4 cm³/mol. The first-order valence-electron chi connectivity index (χ1n) is 7.06. The van der Waals surface area contributed by atoms with Gasteiger partial charge in [-0.25, -0.2) is 0 Å². The van der Waals surface area contributed by atoms with Gasteiger partial charge in [-0.1, -0.05) is 6.92 Å². The summed E-state index contributed by atoms with van der Waals surface area (Å²) in [5.74, 6) is 0.122. The van der Waals surface area contributed by atoms with Gasteiger partial charge in [0.25, 0.3) is 0 Å². The SMILES string of the molecule is CC(CC(=O)O)C1CCCN(C(C)c2ccsc2)C1. The molecule has 1 aromatic rings. The van der Waals surface area contributed by atoms with Gasteiger partial charge in [0.05, 0.1) is 0 Å². The predicted octanol–water partition coefficient (Wildman–Crippen LogP) is 3.63. The van der Waals surface area contributed by atoms with Crippen molar-refractivity contribution < 1.29 is 9.90 Å². The van der Waals surface area contributed by atoms with E-state index in [9.17, 15) is 4.79 Å². The molecule has 0 spiro atoms. The van der Waals surface area contributed by atoms with Gasteiger partial charge in [0.1, 0.15) is 0 Å². The lowest BCUT2D eigenvalue weighted by Crippen LogP contribution is -2.39. The smallest absolute Gasteiger partial charge is 0.303 e. The molecule has 106 valence electrons. The van der Waals surface area contributed by atoms with Crippen molar-refractivity contribution in [3.8, 4) is 0 Å². The number of piperidine rings is 1. The fraction of sp³-hybridized carbons (Fsp3) is 0.667. The van der Waals surface area contributed by atoms with Crippen molar-refractivity contribution in [1.82, 2.24) is 4.90 Å². The van der Waals surface area contributed by atoms with Gasteiger partial charge < -0.3 is 5.11 Å². The van der Waals surface area contributed by atoms with E-state index >= 15 is 0 Å². The van der Waals surface area contributed by atoms with Gasteiger partial charge in [-0.05, 0) is 60.5 Å². The van der Waals surface area contributed by atoms with Gasteiger partial charge in [0.2, 0.25) is 0 Å². The van der Waals surface area contributed by atoms with Crippen molar-refractivity contribution in [3.63, 3.8) is 0 Å². The summed E-state index contributed by atoms with van der Waals surface area (Å²) in [6.07, 6.45) is 2.65. The normalized spacial score (nSPS) is 24.0. The van der Waals surface area contributed by atoms with E-state index in [0.29, 0.717) is 18.4 Å². The van der Waals surface area contributed by atoms with Crippen LogP contribution in [0.15, 0.2) is 16.8 Å². The highest BCUT2D eigenvalue weighted by Gasteiger charge is 2.28. The third-order valence-electron chi connectivity index (χ3n) is 4.36. The third-order valence-corrected chi connectivity index (χ3v) is 5.07.